The molecule has 0 aliphatic heterocycles. The molecule has 0 nitrogen and oxygen atoms in total. The standard InChI is InChI=1S/C6H6S6.Ag/c7-1-2(8)4(10)6(12)5(11)3(1)9;/h7-12H;. The van der Waals surface area contributed by atoms with E-state index < -0.39 is 0 Å². The van der Waals surface area contributed by atoms with Crippen LogP contribution in [0.1, 0.15) is 0 Å². The van der Waals surface area contributed by atoms with Gasteiger partial charge < -0.3 is 0 Å². The van der Waals surface area contributed by atoms with Gasteiger partial charge in [0.1, 0.15) is 0 Å². The fourth-order valence-corrected chi connectivity index (χ4v) is 2.54. The van der Waals surface area contributed by atoms with Crippen LogP contribution in [0.4, 0.5) is 0 Å². The van der Waals surface area contributed by atoms with Crippen molar-refractivity contribution in [3.05, 3.63) is 0 Å². The van der Waals surface area contributed by atoms with Gasteiger partial charge in [0.25, 0.3) is 0 Å². The fraction of sp³-hybridized carbons (Fsp3) is 0. The summed E-state index contributed by atoms with van der Waals surface area (Å²) in [7, 11) is 0. The second-order valence-electron chi connectivity index (χ2n) is 2.09. The molecule has 0 saturated heterocycles. The Morgan fingerprint density at radius 3 is 0.538 bits per heavy atom. The van der Waals surface area contributed by atoms with E-state index in [0.717, 1.165) is 0 Å². The van der Waals surface area contributed by atoms with Crippen molar-refractivity contribution in [3.8, 4) is 0 Å². The summed E-state index contributed by atoms with van der Waals surface area (Å²) in [6, 6.07) is 0. The van der Waals surface area contributed by atoms with E-state index >= 15 is 0 Å². The zero-order valence-corrected chi connectivity index (χ0v) is 12.8. The van der Waals surface area contributed by atoms with Crippen LogP contribution < -0.4 is 0 Å². The van der Waals surface area contributed by atoms with E-state index in [1.807, 2.05) is 0 Å². The van der Waals surface area contributed by atoms with Gasteiger partial charge in [0.15, 0.2) is 0 Å². The van der Waals surface area contributed by atoms with E-state index in [-0.39, 0.29) is 22.4 Å². The number of benzene rings is 1. The van der Waals surface area contributed by atoms with Gasteiger partial charge >= 0.3 is 0 Å². The van der Waals surface area contributed by atoms with Crippen LogP contribution in [0.25, 0.3) is 0 Å². The average Bonchev–Trinajstić information content (AvgIpc) is 2.08. The Labute approximate surface area is 126 Å². The van der Waals surface area contributed by atoms with Gasteiger partial charge in [-0.2, -0.15) is 0 Å². The van der Waals surface area contributed by atoms with Crippen LogP contribution in [-0.4, -0.2) is 0 Å². The zero-order chi connectivity index (χ0) is 9.46. The Hall–Kier alpha value is 2.06. The summed E-state index contributed by atoms with van der Waals surface area (Å²) in [4.78, 5) is 4.05. The molecule has 0 aliphatic rings. The van der Waals surface area contributed by atoms with E-state index in [9.17, 15) is 0 Å². The Kier molecular flexibility index (Phi) is 6.90. The molecule has 1 aromatic carbocycles. The van der Waals surface area contributed by atoms with Crippen molar-refractivity contribution in [2.45, 2.75) is 29.4 Å². The van der Waals surface area contributed by atoms with Crippen LogP contribution in [0.5, 0.6) is 0 Å². The summed E-state index contributed by atoms with van der Waals surface area (Å²) >= 11 is 25.3. The molecular formula is C6H6AgS6. The molecule has 1 rings (SSSR count). The van der Waals surface area contributed by atoms with Crippen LogP contribution in [0.15, 0.2) is 29.4 Å². The van der Waals surface area contributed by atoms with E-state index in [0.29, 0.717) is 29.4 Å². The van der Waals surface area contributed by atoms with Crippen molar-refractivity contribution < 1.29 is 22.4 Å². The molecule has 0 N–H and O–H groups in total. The summed E-state index contributed by atoms with van der Waals surface area (Å²) in [6.07, 6.45) is 0. The smallest absolute Gasteiger partial charge is 0.0331 e. The molecule has 77 valence electrons. The normalized spacial score (nSPS) is 9.69. The topological polar surface area (TPSA) is 0 Å². The van der Waals surface area contributed by atoms with Crippen molar-refractivity contribution in [1.82, 2.24) is 0 Å². The summed E-state index contributed by atoms with van der Waals surface area (Å²) in [5, 5.41) is 0. The first-order valence-electron chi connectivity index (χ1n) is 2.84. The Balaban J connectivity index is 0.00000144. The van der Waals surface area contributed by atoms with Gasteiger partial charge in [-0.3, -0.25) is 0 Å². The second kappa shape index (κ2) is 5.96. The van der Waals surface area contributed by atoms with Crippen molar-refractivity contribution in [3.63, 3.8) is 0 Å². The molecule has 0 saturated carbocycles. The largest absolute Gasteiger partial charge is 0.141 e. The average molecular weight is 378 g/mol. The van der Waals surface area contributed by atoms with Crippen molar-refractivity contribution in [2.24, 2.45) is 0 Å². The second-order valence-corrected chi connectivity index (χ2v) is 4.77. The van der Waals surface area contributed by atoms with Crippen molar-refractivity contribution in [1.29, 1.82) is 0 Å². The van der Waals surface area contributed by atoms with Crippen molar-refractivity contribution >= 4 is 75.8 Å². The molecule has 0 unspecified atom stereocenters. The maximum absolute atomic E-state index is 4.21. The fourth-order valence-electron chi connectivity index (χ4n) is 0.673. The summed E-state index contributed by atoms with van der Waals surface area (Å²) in [5.74, 6) is 0. The van der Waals surface area contributed by atoms with E-state index in [4.69, 9.17) is 0 Å². The summed E-state index contributed by atoms with van der Waals surface area (Å²) in [5.41, 5.74) is 0. The van der Waals surface area contributed by atoms with E-state index in [1.165, 1.54) is 0 Å². The number of hydrogen-bond donors (Lipinski definition) is 6. The quantitative estimate of drug-likeness (QED) is 0.289. The third-order valence-electron chi connectivity index (χ3n) is 1.35. The monoisotopic (exact) mass is 377 g/mol. The van der Waals surface area contributed by atoms with Crippen LogP contribution >= 0.6 is 75.8 Å². The molecule has 0 heterocycles. The van der Waals surface area contributed by atoms with E-state index in [1.54, 1.807) is 0 Å². The number of hydrogen-bond acceptors (Lipinski definition) is 6. The minimum absolute atomic E-state index is 0. The molecule has 0 fully saturated rings. The Bertz CT molecular complexity index is 231. The maximum Gasteiger partial charge on any atom is 0.0331 e. The summed E-state index contributed by atoms with van der Waals surface area (Å²) in [6.45, 7) is 0. The van der Waals surface area contributed by atoms with Crippen LogP contribution in [0.2, 0.25) is 0 Å². The third kappa shape index (κ3) is 3.01. The Morgan fingerprint density at radius 1 is 0.385 bits per heavy atom. The first-order valence-corrected chi connectivity index (χ1v) is 5.52. The molecule has 0 bridgehead atoms. The van der Waals surface area contributed by atoms with Gasteiger partial charge in [0.2, 0.25) is 0 Å². The van der Waals surface area contributed by atoms with Crippen LogP contribution in [0, 0.1) is 0 Å². The molecule has 0 atom stereocenters. The molecule has 0 amide bonds. The predicted molar refractivity (Wildman–Crippen MR) is 70.0 cm³/mol. The molecule has 0 aliphatic carbocycles. The number of rotatable bonds is 0. The first-order chi connectivity index (χ1) is 5.46. The Morgan fingerprint density at radius 2 is 0.462 bits per heavy atom. The van der Waals surface area contributed by atoms with Gasteiger partial charge in [-0.15, -0.1) is 75.8 Å². The number of thiol groups is 6. The molecule has 1 radical (unpaired) electrons. The van der Waals surface area contributed by atoms with Gasteiger partial charge in [0, 0.05) is 51.8 Å². The molecule has 1 aromatic rings. The molecular weight excluding hydrogens is 372 g/mol. The maximum atomic E-state index is 4.21. The first kappa shape index (κ1) is 15.1. The minimum Gasteiger partial charge on any atom is -0.141 e. The van der Waals surface area contributed by atoms with Gasteiger partial charge in [-0.25, -0.2) is 0 Å². The molecule has 13 heavy (non-hydrogen) atoms. The summed E-state index contributed by atoms with van der Waals surface area (Å²) < 4.78 is 0. The third-order valence-corrected chi connectivity index (χ3v) is 5.09. The van der Waals surface area contributed by atoms with Gasteiger partial charge in [-0.1, -0.05) is 0 Å². The van der Waals surface area contributed by atoms with Gasteiger partial charge in [0.05, 0.1) is 0 Å². The zero-order valence-electron chi connectivity index (χ0n) is 5.98. The van der Waals surface area contributed by atoms with Gasteiger partial charge in [-0.05, 0) is 0 Å². The molecule has 0 spiro atoms. The van der Waals surface area contributed by atoms with Crippen LogP contribution in [0.3, 0.4) is 0 Å². The molecule has 0 aromatic heterocycles. The van der Waals surface area contributed by atoms with Crippen molar-refractivity contribution in [2.75, 3.05) is 0 Å². The van der Waals surface area contributed by atoms with Crippen LogP contribution in [-0.2, 0) is 22.4 Å². The minimum atomic E-state index is 0. The molecule has 7 heteroatoms. The predicted octanol–water partition coefficient (Wildman–Crippen LogP) is 3.42. The van der Waals surface area contributed by atoms with E-state index in [2.05, 4.69) is 75.8 Å². The SMILES string of the molecule is Sc1c(S)c(S)c(S)c(S)c1S.[Ag].